The van der Waals surface area contributed by atoms with Crippen molar-refractivity contribution in [2.75, 3.05) is 36.4 Å². The van der Waals surface area contributed by atoms with Gasteiger partial charge in [0.25, 0.3) is 5.91 Å². The molecule has 0 atom stereocenters. The van der Waals surface area contributed by atoms with Gasteiger partial charge in [0.05, 0.1) is 16.1 Å². The lowest BCUT2D eigenvalue weighted by Crippen LogP contribution is -2.35. The van der Waals surface area contributed by atoms with Crippen molar-refractivity contribution in [1.29, 1.82) is 0 Å². The van der Waals surface area contributed by atoms with E-state index in [1.54, 1.807) is 38.1 Å². The predicted molar refractivity (Wildman–Crippen MR) is 126 cm³/mol. The van der Waals surface area contributed by atoms with Crippen LogP contribution < -0.4 is 10.2 Å². The fourth-order valence-corrected chi connectivity index (χ4v) is 5.50. The Kier molecular flexibility index (Phi) is 7.56. The summed E-state index contributed by atoms with van der Waals surface area (Å²) < 4.78 is 41.8. The molecule has 0 saturated carbocycles. The van der Waals surface area contributed by atoms with Gasteiger partial charge in [0, 0.05) is 31.9 Å². The van der Waals surface area contributed by atoms with Crippen molar-refractivity contribution in [2.24, 2.45) is 5.92 Å². The number of rotatable bonds is 7. The largest absolute Gasteiger partial charge is 0.371 e. The Hall–Kier alpha value is -2.45. The highest BCUT2D eigenvalue weighted by molar-refractivity contribution is 7.89. The SMILES string of the molecule is CCN(CC)S(=O)(=O)c1ccc(N2CCC(C)CC2)c(C(=O)Nc2cc(C)ccc2F)c1. The van der Waals surface area contributed by atoms with Gasteiger partial charge in [0.1, 0.15) is 5.82 Å². The molecule has 0 aromatic heterocycles. The van der Waals surface area contributed by atoms with E-state index in [0.717, 1.165) is 31.5 Å². The van der Waals surface area contributed by atoms with Crippen molar-refractivity contribution < 1.29 is 17.6 Å². The first-order valence-corrected chi connectivity index (χ1v) is 12.6. The van der Waals surface area contributed by atoms with Crippen molar-refractivity contribution in [3.63, 3.8) is 0 Å². The van der Waals surface area contributed by atoms with Crippen molar-refractivity contribution in [2.45, 2.75) is 45.4 Å². The van der Waals surface area contributed by atoms with E-state index in [1.807, 2.05) is 6.92 Å². The highest BCUT2D eigenvalue weighted by atomic mass is 32.2. The van der Waals surface area contributed by atoms with Crippen molar-refractivity contribution in [3.05, 3.63) is 53.3 Å². The molecule has 0 radical (unpaired) electrons. The molecular weight excluding hydrogens is 429 g/mol. The molecule has 0 spiro atoms. The van der Waals surface area contributed by atoms with E-state index in [-0.39, 0.29) is 16.1 Å². The Labute approximate surface area is 190 Å². The average molecular weight is 462 g/mol. The van der Waals surface area contributed by atoms with Gasteiger partial charge >= 0.3 is 0 Å². The fourth-order valence-electron chi connectivity index (χ4n) is 4.02. The predicted octanol–water partition coefficient (Wildman–Crippen LogP) is 4.65. The fraction of sp³-hybridized carbons (Fsp3) is 0.458. The van der Waals surface area contributed by atoms with Gasteiger partial charge in [-0.05, 0) is 61.6 Å². The Morgan fingerprint density at radius 3 is 2.41 bits per heavy atom. The van der Waals surface area contributed by atoms with Crippen molar-refractivity contribution in [1.82, 2.24) is 4.31 Å². The molecule has 2 aromatic carbocycles. The van der Waals surface area contributed by atoms with E-state index in [2.05, 4.69) is 17.1 Å². The van der Waals surface area contributed by atoms with E-state index in [4.69, 9.17) is 0 Å². The van der Waals surface area contributed by atoms with E-state index in [9.17, 15) is 17.6 Å². The number of anilines is 2. The van der Waals surface area contributed by atoms with Crippen LogP contribution >= 0.6 is 0 Å². The van der Waals surface area contributed by atoms with Crippen LogP contribution in [0.25, 0.3) is 0 Å². The second kappa shape index (κ2) is 10.0. The number of nitrogens with zero attached hydrogens (tertiary/aromatic N) is 2. The number of amides is 1. The Morgan fingerprint density at radius 2 is 1.78 bits per heavy atom. The van der Waals surface area contributed by atoms with Crippen LogP contribution in [0.4, 0.5) is 15.8 Å². The molecule has 3 rings (SSSR count). The van der Waals surface area contributed by atoms with E-state index < -0.39 is 21.7 Å². The number of hydrogen-bond acceptors (Lipinski definition) is 4. The number of nitrogens with one attached hydrogen (secondary N) is 1. The Morgan fingerprint density at radius 1 is 1.12 bits per heavy atom. The topological polar surface area (TPSA) is 69.7 Å². The number of piperidine rings is 1. The van der Waals surface area contributed by atoms with Gasteiger partial charge in [0.2, 0.25) is 10.0 Å². The number of carbonyl (C=O) groups is 1. The Bertz CT molecular complexity index is 1080. The number of carbonyl (C=O) groups excluding carboxylic acids is 1. The molecule has 0 bridgehead atoms. The number of sulfonamides is 1. The van der Waals surface area contributed by atoms with Crippen LogP contribution in [-0.2, 0) is 10.0 Å². The lowest BCUT2D eigenvalue weighted by Gasteiger charge is -2.33. The summed E-state index contributed by atoms with van der Waals surface area (Å²) >= 11 is 0. The van der Waals surface area contributed by atoms with Crippen LogP contribution in [0.3, 0.4) is 0 Å². The van der Waals surface area contributed by atoms with Crippen molar-refractivity contribution >= 4 is 27.3 Å². The molecule has 1 amide bonds. The van der Waals surface area contributed by atoms with Crippen LogP contribution in [0.2, 0.25) is 0 Å². The van der Waals surface area contributed by atoms with E-state index >= 15 is 0 Å². The third-order valence-corrected chi connectivity index (χ3v) is 8.10. The molecule has 174 valence electrons. The monoisotopic (exact) mass is 461 g/mol. The van der Waals surface area contributed by atoms with Gasteiger partial charge in [-0.15, -0.1) is 0 Å². The summed E-state index contributed by atoms with van der Waals surface area (Å²) in [5, 5.41) is 2.64. The van der Waals surface area contributed by atoms with Crippen LogP contribution in [0.5, 0.6) is 0 Å². The maximum absolute atomic E-state index is 14.3. The second-order valence-corrected chi connectivity index (χ2v) is 10.3. The lowest BCUT2D eigenvalue weighted by atomic mass is 9.98. The summed E-state index contributed by atoms with van der Waals surface area (Å²) in [4.78, 5) is 15.4. The molecule has 1 fully saturated rings. The molecule has 1 aliphatic rings. The third-order valence-electron chi connectivity index (χ3n) is 6.05. The standard InChI is InChI=1S/C24H32FN3O3S/c1-5-28(6-2)32(30,31)19-8-10-23(27-13-11-17(3)12-14-27)20(16-19)24(29)26-22-15-18(4)7-9-21(22)25/h7-10,15-17H,5-6,11-14H2,1-4H3,(H,26,29). The first-order chi connectivity index (χ1) is 15.2. The summed E-state index contributed by atoms with van der Waals surface area (Å²) in [5.74, 6) is -0.462. The molecule has 32 heavy (non-hydrogen) atoms. The average Bonchev–Trinajstić information content (AvgIpc) is 2.77. The van der Waals surface area contributed by atoms with Crippen LogP contribution in [0.15, 0.2) is 41.3 Å². The number of benzene rings is 2. The molecule has 1 N–H and O–H groups in total. The Balaban J connectivity index is 2.04. The molecule has 8 heteroatoms. The quantitative estimate of drug-likeness (QED) is 0.651. The lowest BCUT2D eigenvalue weighted by molar-refractivity contribution is 0.102. The number of hydrogen-bond donors (Lipinski definition) is 1. The molecular formula is C24H32FN3O3S. The summed E-state index contributed by atoms with van der Waals surface area (Å²) in [6.07, 6.45) is 1.99. The molecule has 1 saturated heterocycles. The molecule has 0 aliphatic carbocycles. The second-order valence-electron chi connectivity index (χ2n) is 8.38. The molecule has 2 aromatic rings. The first-order valence-electron chi connectivity index (χ1n) is 11.1. The normalized spacial score (nSPS) is 15.2. The maximum Gasteiger partial charge on any atom is 0.257 e. The van der Waals surface area contributed by atoms with Gasteiger partial charge < -0.3 is 10.2 Å². The molecule has 1 aliphatic heterocycles. The molecule has 0 unspecified atom stereocenters. The zero-order valence-corrected chi connectivity index (χ0v) is 20.0. The van der Waals surface area contributed by atoms with Crippen molar-refractivity contribution in [3.8, 4) is 0 Å². The number of halogens is 1. The van der Waals surface area contributed by atoms with Gasteiger partial charge in [-0.1, -0.05) is 26.8 Å². The highest BCUT2D eigenvalue weighted by Gasteiger charge is 2.27. The number of aryl methyl sites for hydroxylation is 1. The minimum atomic E-state index is -3.74. The van der Waals surface area contributed by atoms with Crippen LogP contribution in [0.1, 0.15) is 49.5 Å². The van der Waals surface area contributed by atoms with Gasteiger partial charge in [-0.3, -0.25) is 4.79 Å². The van der Waals surface area contributed by atoms with Crippen LogP contribution in [-0.4, -0.2) is 44.8 Å². The van der Waals surface area contributed by atoms with Gasteiger partial charge in [0.15, 0.2) is 0 Å². The highest BCUT2D eigenvalue weighted by Crippen LogP contribution is 2.30. The maximum atomic E-state index is 14.3. The van der Waals surface area contributed by atoms with Gasteiger partial charge in [-0.2, -0.15) is 4.31 Å². The van der Waals surface area contributed by atoms with Crippen LogP contribution in [0, 0.1) is 18.7 Å². The van der Waals surface area contributed by atoms with E-state index in [1.165, 1.54) is 16.4 Å². The summed E-state index contributed by atoms with van der Waals surface area (Å²) in [6.45, 7) is 9.79. The zero-order valence-electron chi connectivity index (χ0n) is 19.2. The van der Waals surface area contributed by atoms with E-state index in [0.29, 0.717) is 24.7 Å². The first kappa shape index (κ1) is 24.2. The zero-order chi connectivity index (χ0) is 23.5. The molecule has 1 heterocycles. The summed E-state index contributed by atoms with van der Waals surface area (Å²) in [7, 11) is -3.74. The molecule has 6 nitrogen and oxygen atoms in total. The smallest absolute Gasteiger partial charge is 0.257 e. The summed E-state index contributed by atoms with van der Waals surface area (Å²) in [5.41, 5.74) is 1.78. The minimum Gasteiger partial charge on any atom is -0.371 e. The minimum absolute atomic E-state index is 0.0604. The summed E-state index contributed by atoms with van der Waals surface area (Å²) in [6, 6.07) is 9.18. The van der Waals surface area contributed by atoms with Gasteiger partial charge in [-0.25, -0.2) is 12.8 Å². The third kappa shape index (κ3) is 5.13.